The molecule has 1 saturated heterocycles. The van der Waals surface area contributed by atoms with E-state index in [0.717, 1.165) is 19.4 Å². The van der Waals surface area contributed by atoms with E-state index in [4.69, 9.17) is 25.8 Å². The summed E-state index contributed by atoms with van der Waals surface area (Å²) in [6.07, 6.45) is 1.30. The lowest BCUT2D eigenvalue weighted by atomic mass is 10.0. The van der Waals surface area contributed by atoms with Crippen LogP contribution >= 0.6 is 11.6 Å². The molecule has 0 bridgehead atoms. The monoisotopic (exact) mass is 321 g/mol. The number of carbonyl (C=O) groups is 2. The van der Waals surface area contributed by atoms with Gasteiger partial charge in [0.1, 0.15) is 12.1 Å². The van der Waals surface area contributed by atoms with E-state index in [0.29, 0.717) is 13.2 Å². The van der Waals surface area contributed by atoms with E-state index in [1.54, 1.807) is 20.8 Å². The van der Waals surface area contributed by atoms with Gasteiger partial charge in [0.05, 0.1) is 6.61 Å². The van der Waals surface area contributed by atoms with Crippen LogP contribution in [0.15, 0.2) is 0 Å². The van der Waals surface area contributed by atoms with Crippen molar-refractivity contribution in [3.63, 3.8) is 0 Å². The molecule has 6 nitrogen and oxygen atoms in total. The third-order valence-electron chi connectivity index (χ3n) is 2.91. The van der Waals surface area contributed by atoms with E-state index in [2.05, 4.69) is 0 Å². The molecule has 1 amide bonds. The molecule has 1 atom stereocenters. The van der Waals surface area contributed by atoms with Crippen LogP contribution in [0.4, 0.5) is 4.79 Å². The van der Waals surface area contributed by atoms with E-state index in [1.165, 1.54) is 4.90 Å². The SMILES string of the molecule is CC(C)(C)OC(=O)CN(C[C@@H]1CCCOC1)C(=O)OCCl. The summed E-state index contributed by atoms with van der Waals surface area (Å²) in [7, 11) is 0. The molecular formula is C14H24ClNO5. The average Bonchev–Trinajstić information content (AvgIpc) is 2.37. The first-order chi connectivity index (χ1) is 9.81. The van der Waals surface area contributed by atoms with Gasteiger partial charge in [-0.15, -0.1) is 0 Å². The van der Waals surface area contributed by atoms with Crippen molar-refractivity contribution < 1.29 is 23.8 Å². The molecule has 0 spiro atoms. The molecule has 0 aromatic rings. The molecule has 0 unspecified atom stereocenters. The molecule has 1 aliphatic heterocycles. The number of ether oxygens (including phenoxy) is 3. The van der Waals surface area contributed by atoms with E-state index in [1.807, 2.05) is 0 Å². The Kier molecular flexibility index (Phi) is 7.25. The maximum Gasteiger partial charge on any atom is 0.411 e. The summed E-state index contributed by atoms with van der Waals surface area (Å²) in [5.74, 6) is -0.269. The molecule has 0 aliphatic carbocycles. The van der Waals surface area contributed by atoms with E-state index < -0.39 is 17.7 Å². The molecule has 7 heteroatoms. The van der Waals surface area contributed by atoms with Crippen molar-refractivity contribution in [2.75, 3.05) is 32.4 Å². The highest BCUT2D eigenvalue weighted by Gasteiger charge is 2.26. The highest BCUT2D eigenvalue weighted by atomic mass is 35.5. The molecule has 122 valence electrons. The van der Waals surface area contributed by atoms with Gasteiger partial charge in [-0.2, -0.15) is 0 Å². The van der Waals surface area contributed by atoms with Crippen molar-refractivity contribution in [1.82, 2.24) is 4.90 Å². The van der Waals surface area contributed by atoms with Crippen molar-refractivity contribution in [3.8, 4) is 0 Å². The lowest BCUT2D eigenvalue weighted by molar-refractivity contribution is -0.156. The molecule has 21 heavy (non-hydrogen) atoms. The topological polar surface area (TPSA) is 65.1 Å². The summed E-state index contributed by atoms with van der Waals surface area (Å²) < 4.78 is 15.4. The van der Waals surface area contributed by atoms with Gasteiger partial charge in [0.25, 0.3) is 0 Å². The Hall–Kier alpha value is -1.01. The maximum absolute atomic E-state index is 11.9. The normalized spacial score (nSPS) is 19.0. The fourth-order valence-electron chi connectivity index (χ4n) is 2.13. The lowest BCUT2D eigenvalue weighted by Crippen LogP contribution is -2.43. The van der Waals surface area contributed by atoms with Crippen LogP contribution in [0.25, 0.3) is 0 Å². The van der Waals surface area contributed by atoms with Crippen LogP contribution in [0.5, 0.6) is 0 Å². The van der Waals surface area contributed by atoms with Crippen molar-refractivity contribution in [1.29, 1.82) is 0 Å². The summed E-state index contributed by atoms with van der Waals surface area (Å²) in [5, 5.41) is 0. The largest absolute Gasteiger partial charge is 0.459 e. The van der Waals surface area contributed by atoms with Gasteiger partial charge in [0.15, 0.2) is 6.07 Å². The number of hydrogen-bond donors (Lipinski definition) is 0. The standard InChI is InChI=1S/C14H24ClNO5/c1-14(2,3)21-12(17)8-16(13(18)20-10-15)7-11-5-4-6-19-9-11/h11H,4-10H2,1-3H3/t11-/m0/s1. The molecule has 1 heterocycles. The van der Waals surface area contributed by atoms with Crippen LogP contribution in [0.2, 0.25) is 0 Å². The Bertz CT molecular complexity index is 350. The second kappa shape index (κ2) is 8.44. The molecule has 0 saturated carbocycles. The third kappa shape index (κ3) is 7.52. The second-order valence-corrected chi connectivity index (χ2v) is 6.29. The fraction of sp³-hybridized carbons (Fsp3) is 0.857. The first kappa shape index (κ1) is 18.0. The predicted molar refractivity (Wildman–Crippen MR) is 78.2 cm³/mol. The van der Waals surface area contributed by atoms with Crippen molar-refractivity contribution in [2.45, 2.75) is 39.2 Å². The molecule has 0 radical (unpaired) electrons. The smallest absolute Gasteiger partial charge is 0.411 e. The summed E-state index contributed by atoms with van der Waals surface area (Å²) in [6, 6.07) is -0.245. The van der Waals surface area contributed by atoms with E-state index in [-0.39, 0.29) is 18.5 Å². The third-order valence-corrected chi connectivity index (χ3v) is 3.02. The lowest BCUT2D eigenvalue weighted by Gasteiger charge is -2.29. The van der Waals surface area contributed by atoms with Crippen LogP contribution in [0.3, 0.4) is 0 Å². The zero-order chi connectivity index (χ0) is 15.9. The fourth-order valence-corrected chi connectivity index (χ4v) is 2.23. The van der Waals surface area contributed by atoms with Gasteiger partial charge < -0.3 is 14.2 Å². The number of esters is 1. The number of halogens is 1. The number of alkyl halides is 1. The number of rotatable bonds is 5. The predicted octanol–water partition coefficient (Wildman–Crippen LogP) is 2.39. The van der Waals surface area contributed by atoms with Crippen molar-refractivity contribution in [2.24, 2.45) is 5.92 Å². The highest BCUT2D eigenvalue weighted by molar-refractivity contribution is 6.17. The Morgan fingerprint density at radius 3 is 2.62 bits per heavy atom. The number of amides is 1. The van der Waals surface area contributed by atoms with Gasteiger partial charge in [-0.1, -0.05) is 11.6 Å². The first-order valence-corrected chi connectivity index (χ1v) is 7.62. The van der Waals surface area contributed by atoms with Gasteiger partial charge in [0, 0.05) is 19.1 Å². The van der Waals surface area contributed by atoms with Gasteiger partial charge in [-0.05, 0) is 33.6 Å². The molecule has 0 aromatic heterocycles. The maximum atomic E-state index is 11.9. The Labute approximate surface area is 130 Å². The minimum absolute atomic E-state index is 0.149. The van der Waals surface area contributed by atoms with Gasteiger partial charge in [-0.25, -0.2) is 4.79 Å². The second-order valence-electron chi connectivity index (χ2n) is 6.07. The molecule has 1 aliphatic rings. The van der Waals surface area contributed by atoms with Gasteiger partial charge in [0.2, 0.25) is 0 Å². The number of hydrogen-bond acceptors (Lipinski definition) is 5. The van der Waals surface area contributed by atoms with Crippen molar-refractivity contribution in [3.05, 3.63) is 0 Å². The van der Waals surface area contributed by atoms with Crippen LogP contribution in [-0.4, -0.2) is 54.9 Å². The Morgan fingerprint density at radius 2 is 2.10 bits per heavy atom. The quantitative estimate of drug-likeness (QED) is 0.574. The number of carbonyl (C=O) groups excluding carboxylic acids is 2. The van der Waals surface area contributed by atoms with Crippen molar-refractivity contribution >= 4 is 23.7 Å². The van der Waals surface area contributed by atoms with E-state index in [9.17, 15) is 9.59 Å². The minimum atomic E-state index is -0.610. The van der Waals surface area contributed by atoms with Crippen LogP contribution in [0, 0.1) is 5.92 Å². The summed E-state index contributed by atoms with van der Waals surface area (Å²) >= 11 is 5.42. The molecule has 0 aromatic carbocycles. The molecule has 1 rings (SSSR count). The zero-order valence-electron chi connectivity index (χ0n) is 12.9. The summed E-state index contributed by atoms with van der Waals surface area (Å²) in [5.41, 5.74) is -0.590. The molecular weight excluding hydrogens is 298 g/mol. The summed E-state index contributed by atoms with van der Waals surface area (Å²) in [4.78, 5) is 25.1. The average molecular weight is 322 g/mol. The zero-order valence-corrected chi connectivity index (χ0v) is 13.6. The molecule has 0 N–H and O–H groups in total. The van der Waals surface area contributed by atoms with E-state index >= 15 is 0 Å². The first-order valence-electron chi connectivity index (χ1n) is 7.09. The van der Waals surface area contributed by atoms with Gasteiger partial charge >= 0.3 is 12.1 Å². The Morgan fingerprint density at radius 1 is 1.38 bits per heavy atom. The molecule has 1 fully saturated rings. The Balaban J connectivity index is 2.58. The van der Waals surface area contributed by atoms with Crippen LogP contribution in [0.1, 0.15) is 33.6 Å². The van der Waals surface area contributed by atoms with Crippen LogP contribution < -0.4 is 0 Å². The highest BCUT2D eigenvalue weighted by Crippen LogP contribution is 2.16. The van der Waals surface area contributed by atoms with Crippen LogP contribution in [-0.2, 0) is 19.0 Å². The summed E-state index contributed by atoms with van der Waals surface area (Å²) in [6.45, 7) is 6.91. The number of nitrogens with zero attached hydrogens (tertiary/aromatic N) is 1. The van der Waals surface area contributed by atoms with Gasteiger partial charge in [-0.3, -0.25) is 9.69 Å². The minimum Gasteiger partial charge on any atom is -0.459 e.